The lowest BCUT2D eigenvalue weighted by molar-refractivity contribution is -0.121. The van der Waals surface area contributed by atoms with Crippen LogP contribution in [0.4, 0.5) is 10.1 Å². The zero-order chi connectivity index (χ0) is 19.1. The van der Waals surface area contributed by atoms with Crippen molar-refractivity contribution in [1.29, 1.82) is 0 Å². The monoisotopic (exact) mass is 370 g/mol. The number of nitrogens with one attached hydrogen (secondary N) is 1. The van der Waals surface area contributed by atoms with Crippen molar-refractivity contribution >= 4 is 11.6 Å². The van der Waals surface area contributed by atoms with Gasteiger partial charge in [0.15, 0.2) is 0 Å². The maximum absolute atomic E-state index is 13.4. The number of piperidine rings is 1. The van der Waals surface area contributed by atoms with Crippen molar-refractivity contribution in [3.63, 3.8) is 0 Å². The smallest absolute Gasteiger partial charge is 0.228 e. The van der Waals surface area contributed by atoms with Gasteiger partial charge in [-0.3, -0.25) is 9.69 Å². The van der Waals surface area contributed by atoms with E-state index in [0.29, 0.717) is 26.3 Å². The highest BCUT2D eigenvalue weighted by Gasteiger charge is 2.26. The van der Waals surface area contributed by atoms with Crippen LogP contribution < -0.4 is 5.32 Å². The number of carbonyl (C=O) groups excluding carboxylic acids is 1. The fraction of sp³-hybridized carbons (Fsp3) is 0.409. The molecule has 5 heteroatoms. The zero-order valence-electron chi connectivity index (χ0n) is 15.8. The first kappa shape index (κ1) is 19.5. The average Bonchev–Trinajstić information content (AvgIpc) is 2.67. The van der Waals surface area contributed by atoms with Gasteiger partial charge in [-0.1, -0.05) is 30.3 Å². The summed E-state index contributed by atoms with van der Waals surface area (Å²) in [4.78, 5) is 15.0. The quantitative estimate of drug-likeness (QED) is 0.794. The maximum atomic E-state index is 13.4. The van der Waals surface area contributed by atoms with E-state index in [1.54, 1.807) is 12.1 Å². The van der Waals surface area contributed by atoms with Gasteiger partial charge in [0, 0.05) is 30.9 Å². The molecule has 0 spiro atoms. The Morgan fingerprint density at radius 2 is 2.11 bits per heavy atom. The molecular formula is C22H27FN2O2. The van der Waals surface area contributed by atoms with E-state index in [0.717, 1.165) is 36.2 Å². The van der Waals surface area contributed by atoms with E-state index in [1.165, 1.54) is 6.07 Å². The van der Waals surface area contributed by atoms with E-state index >= 15 is 0 Å². The molecule has 1 amide bonds. The van der Waals surface area contributed by atoms with Crippen molar-refractivity contribution in [2.75, 3.05) is 25.0 Å². The largest absolute Gasteiger partial charge is 0.377 e. The molecule has 1 aliphatic heterocycles. The lowest BCUT2D eigenvalue weighted by Gasteiger charge is -2.32. The minimum absolute atomic E-state index is 0.0443. The van der Waals surface area contributed by atoms with Crippen LogP contribution in [0.5, 0.6) is 0 Å². The summed E-state index contributed by atoms with van der Waals surface area (Å²) < 4.78 is 18.9. The molecule has 1 aliphatic rings. The molecule has 0 radical (unpaired) electrons. The van der Waals surface area contributed by atoms with Crippen molar-refractivity contribution < 1.29 is 13.9 Å². The molecule has 144 valence electrons. The molecule has 27 heavy (non-hydrogen) atoms. The van der Waals surface area contributed by atoms with Crippen LogP contribution in [0.15, 0.2) is 48.5 Å². The molecule has 0 saturated carbocycles. The summed E-state index contributed by atoms with van der Waals surface area (Å²) in [5, 5.41) is 3.08. The van der Waals surface area contributed by atoms with E-state index in [1.807, 2.05) is 37.3 Å². The SMILES string of the molecule is CCOCc1ccccc1NC(=O)C1CCCN(Cc2cccc(F)c2)C1. The number of hydrogen-bond donors (Lipinski definition) is 1. The Morgan fingerprint density at radius 1 is 1.26 bits per heavy atom. The van der Waals surface area contributed by atoms with Crippen LogP contribution in [0, 0.1) is 11.7 Å². The van der Waals surface area contributed by atoms with Crippen molar-refractivity contribution in [2.45, 2.75) is 32.9 Å². The first-order valence-corrected chi connectivity index (χ1v) is 9.59. The van der Waals surface area contributed by atoms with E-state index in [4.69, 9.17) is 4.74 Å². The van der Waals surface area contributed by atoms with Gasteiger partial charge in [0.2, 0.25) is 5.91 Å². The Morgan fingerprint density at radius 3 is 2.93 bits per heavy atom. The van der Waals surface area contributed by atoms with Gasteiger partial charge in [-0.15, -0.1) is 0 Å². The molecule has 2 aromatic rings. The van der Waals surface area contributed by atoms with Gasteiger partial charge in [-0.25, -0.2) is 4.39 Å². The lowest BCUT2D eigenvalue weighted by atomic mass is 9.96. The molecule has 1 unspecified atom stereocenters. The third kappa shape index (κ3) is 5.62. The van der Waals surface area contributed by atoms with Gasteiger partial charge in [-0.05, 0) is 50.1 Å². The fourth-order valence-electron chi connectivity index (χ4n) is 3.52. The first-order valence-electron chi connectivity index (χ1n) is 9.59. The van der Waals surface area contributed by atoms with Crippen molar-refractivity contribution in [2.24, 2.45) is 5.92 Å². The molecule has 3 rings (SSSR count). The summed E-state index contributed by atoms with van der Waals surface area (Å²) in [5.74, 6) is -0.236. The van der Waals surface area contributed by atoms with Crippen molar-refractivity contribution in [3.8, 4) is 0 Å². The number of likely N-dealkylation sites (tertiary alicyclic amines) is 1. The van der Waals surface area contributed by atoms with Crippen molar-refractivity contribution in [1.82, 2.24) is 4.90 Å². The van der Waals surface area contributed by atoms with Gasteiger partial charge < -0.3 is 10.1 Å². The summed E-state index contributed by atoms with van der Waals surface area (Å²) in [6.07, 6.45) is 1.84. The predicted octanol–water partition coefficient (Wildman–Crippen LogP) is 4.21. The Bertz CT molecular complexity index is 765. The van der Waals surface area contributed by atoms with Crippen LogP contribution in [0.25, 0.3) is 0 Å². The Balaban J connectivity index is 1.60. The van der Waals surface area contributed by atoms with Gasteiger partial charge in [0.25, 0.3) is 0 Å². The van der Waals surface area contributed by atoms with Crippen molar-refractivity contribution in [3.05, 3.63) is 65.5 Å². The number of anilines is 1. The minimum Gasteiger partial charge on any atom is -0.377 e. The Hall–Kier alpha value is -2.24. The molecule has 0 bridgehead atoms. The minimum atomic E-state index is -0.218. The number of amides is 1. The molecule has 4 nitrogen and oxygen atoms in total. The number of benzene rings is 2. The molecule has 2 aromatic carbocycles. The molecule has 0 aliphatic carbocycles. The number of nitrogens with zero attached hydrogens (tertiary/aromatic N) is 1. The third-order valence-corrected chi connectivity index (χ3v) is 4.91. The van der Waals surface area contributed by atoms with Crippen LogP contribution in [0.2, 0.25) is 0 Å². The van der Waals surface area contributed by atoms with E-state index in [2.05, 4.69) is 10.2 Å². The summed E-state index contributed by atoms with van der Waals surface area (Å²) >= 11 is 0. The van der Waals surface area contributed by atoms with Crippen LogP contribution in [-0.4, -0.2) is 30.5 Å². The number of hydrogen-bond acceptors (Lipinski definition) is 3. The van der Waals surface area contributed by atoms with Gasteiger partial charge >= 0.3 is 0 Å². The fourth-order valence-corrected chi connectivity index (χ4v) is 3.52. The number of rotatable bonds is 7. The van der Waals surface area contributed by atoms with Crippen LogP contribution in [-0.2, 0) is 22.7 Å². The summed E-state index contributed by atoms with van der Waals surface area (Å²) in [7, 11) is 0. The molecule has 1 N–H and O–H groups in total. The topological polar surface area (TPSA) is 41.6 Å². The second-order valence-corrected chi connectivity index (χ2v) is 6.99. The van der Waals surface area contributed by atoms with Crippen LogP contribution >= 0.6 is 0 Å². The highest BCUT2D eigenvalue weighted by molar-refractivity contribution is 5.93. The second kappa shape index (κ2) is 9.62. The standard InChI is InChI=1S/C22H27FN2O2/c1-2-27-16-19-8-3-4-11-21(19)24-22(26)18-9-6-12-25(15-18)14-17-7-5-10-20(23)13-17/h3-5,7-8,10-11,13,18H,2,6,9,12,14-16H2,1H3,(H,24,26). The first-order chi connectivity index (χ1) is 13.2. The highest BCUT2D eigenvalue weighted by Crippen LogP contribution is 2.22. The number of halogens is 1. The summed E-state index contributed by atoms with van der Waals surface area (Å²) in [5.41, 5.74) is 2.75. The van der Waals surface area contributed by atoms with E-state index < -0.39 is 0 Å². The molecule has 1 saturated heterocycles. The lowest BCUT2D eigenvalue weighted by Crippen LogP contribution is -2.40. The maximum Gasteiger partial charge on any atom is 0.228 e. The van der Waals surface area contributed by atoms with Crippen LogP contribution in [0.1, 0.15) is 30.9 Å². The number of para-hydroxylation sites is 1. The normalized spacial score (nSPS) is 17.6. The third-order valence-electron chi connectivity index (χ3n) is 4.91. The number of ether oxygens (including phenoxy) is 1. The average molecular weight is 370 g/mol. The molecule has 1 fully saturated rings. The van der Waals surface area contributed by atoms with Gasteiger partial charge in [-0.2, -0.15) is 0 Å². The van der Waals surface area contributed by atoms with Gasteiger partial charge in [0.1, 0.15) is 5.82 Å². The van der Waals surface area contributed by atoms with E-state index in [9.17, 15) is 9.18 Å². The van der Waals surface area contributed by atoms with Crippen LogP contribution in [0.3, 0.4) is 0 Å². The highest BCUT2D eigenvalue weighted by atomic mass is 19.1. The Kier molecular flexibility index (Phi) is 6.96. The van der Waals surface area contributed by atoms with Gasteiger partial charge in [0.05, 0.1) is 12.5 Å². The second-order valence-electron chi connectivity index (χ2n) is 6.99. The molecule has 0 aromatic heterocycles. The van der Waals surface area contributed by atoms with E-state index in [-0.39, 0.29) is 17.6 Å². The Labute approximate surface area is 160 Å². The summed E-state index contributed by atoms with van der Waals surface area (Å²) in [6, 6.07) is 14.4. The molecular weight excluding hydrogens is 343 g/mol. The zero-order valence-corrected chi connectivity index (χ0v) is 15.8. The molecule has 1 atom stereocenters. The summed E-state index contributed by atoms with van der Waals surface area (Å²) in [6.45, 7) is 5.37. The number of carbonyl (C=O) groups is 1. The predicted molar refractivity (Wildman–Crippen MR) is 105 cm³/mol. The molecule has 1 heterocycles.